The van der Waals surface area contributed by atoms with Crippen LogP contribution in [0.3, 0.4) is 0 Å². The predicted octanol–water partition coefficient (Wildman–Crippen LogP) is 2.28. The van der Waals surface area contributed by atoms with Crippen LogP contribution < -0.4 is 0 Å². The minimum atomic E-state index is 0. The first-order chi connectivity index (χ1) is 4.47. The maximum atomic E-state index is 3.04. The first-order valence-electron chi connectivity index (χ1n) is 2.98. The van der Waals surface area contributed by atoms with Crippen molar-refractivity contribution >= 4 is 10.8 Å². The Kier molecular flexibility index (Phi) is 0.833. The average molecular weight is 118 g/mol. The van der Waals surface area contributed by atoms with Crippen molar-refractivity contribution in [3.05, 3.63) is 36.7 Å². The second-order valence-electron chi connectivity index (χ2n) is 2.08. The molecule has 1 N–H and O–H groups in total. The van der Waals surface area contributed by atoms with Gasteiger partial charge in [-0.3, -0.25) is 0 Å². The summed E-state index contributed by atoms with van der Waals surface area (Å²) in [6.45, 7) is 0. The van der Waals surface area contributed by atoms with E-state index in [1.165, 1.54) is 10.8 Å². The van der Waals surface area contributed by atoms with Crippen molar-refractivity contribution in [1.29, 1.82) is 0 Å². The molecular weight excluding hydrogens is 110 g/mol. The molecule has 0 aliphatic carbocycles. The maximum Gasteiger partial charge on any atom is 1.00 e. The molecule has 0 bridgehead atoms. The topological polar surface area (TPSA) is 15.8 Å². The lowest BCUT2D eigenvalue weighted by atomic mass is 10.2. The predicted molar refractivity (Wildman–Crippen MR) is 39.4 cm³/mol. The van der Waals surface area contributed by atoms with Crippen molar-refractivity contribution in [2.24, 2.45) is 0 Å². The van der Waals surface area contributed by atoms with Crippen LogP contribution in [0.15, 0.2) is 36.7 Å². The molecule has 0 spiro atoms. The minimum absolute atomic E-state index is 0. The van der Waals surface area contributed by atoms with E-state index in [1.54, 1.807) is 0 Å². The number of nitrogens with one attached hydrogen (secondary N) is 1. The van der Waals surface area contributed by atoms with Gasteiger partial charge in [0.05, 0.1) is 0 Å². The van der Waals surface area contributed by atoms with Gasteiger partial charge in [0, 0.05) is 12.4 Å². The molecule has 0 unspecified atom stereocenters. The van der Waals surface area contributed by atoms with Crippen molar-refractivity contribution in [1.82, 2.24) is 4.98 Å². The van der Waals surface area contributed by atoms with Crippen LogP contribution in [-0.2, 0) is 0 Å². The summed E-state index contributed by atoms with van der Waals surface area (Å²) in [5, 5.41) is 2.55. The molecule has 2 rings (SSSR count). The highest BCUT2D eigenvalue weighted by Gasteiger charge is 1.86. The van der Waals surface area contributed by atoms with Crippen LogP contribution in [0.4, 0.5) is 0 Å². The second-order valence-corrected chi connectivity index (χ2v) is 2.08. The Hall–Kier alpha value is -1.24. The third-order valence-electron chi connectivity index (χ3n) is 1.47. The molecule has 0 amide bonds. The Morgan fingerprint density at radius 2 is 1.56 bits per heavy atom. The summed E-state index contributed by atoms with van der Waals surface area (Å²) >= 11 is 0. The molecule has 9 heavy (non-hydrogen) atoms. The number of hydrogen-bond donors (Lipinski definition) is 1. The van der Waals surface area contributed by atoms with Crippen LogP contribution in [0.25, 0.3) is 10.8 Å². The Labute approximate surface area is 54.8 Å². The minimum Gasteiger partial charge on any atom is -0.366 e. The molecule has 0 saturated heterocycles. The van der Waals surface area contributed by atoms with Crippen molar-refractivity contribution in [3.63, 3.8) is 0 Å². The quantitative estimate of drug-likeness (QED) is 0.546. The number of hydrogen-bond acceptors (Lipinski definition) is 0. The summed E-state index contributed by atoms with van der Waals surface area (Å²) in [4.78, 5) is 3.04. The van der Waals surface area contributed by atoms with Crippen LogP contribution in [0.2, 0.25) is 0 Å². The lowest BCUT2D eigenvalue weighted by Crippen LogP contribution is -1.57. The van der Waals surface area contributed by atoms with E-state index in [2.05, 4.69) is 17.1 Å². The first-order valence-corrected chi connectivity index (χ1v) is 2.98. The molecule has 1 heteroatoms. The number of fused-ring (bicyclic) bond motifs is 1. The summed E-state index contributed by atoms with van der Waals surface area (Å²) in [6.07, 6.45) is 3.99. The van der Waals surface area contributed by atoms with Crippen LogP contribution in [0.5, 0.6) is 0 Å². The number of rotatable bonds is 0. The van der Waals surface area contributed by atoms with Gasteiger partial charge in [-0.2, -0.15) is 0 Å². The summed E-state index contributed by atoms with van der Waals surface area (Å²) in [7, 11) is 0. The molecule has 1 aromatic heterocycles. The number of benzene rings is 1. The largest absolute Gasteiger partial charge is 1.00 e. The van der Waals surface area contributed by atoms with Gasteiger partial charge in [-0.25, -0.2) is 0 Å². The van der Waals surface area contributed by atoms with Gasteiger partial charge in [-0.15, -0.1) is 0 Å². The average Bonchev–Trinajstić information content (AvgIpc) is 2.33. The van der Waals surface area contributed by atoms with E-state index in [1.807, 2.05) is 24.5 Å². The Morgan fingerprint density at radius 3 is 2.11 bits per heavy atom. The molecule has 0 atom stereocenters. The van der Waals surface area contributed by atoms with Crippen molar-refractivity contribution < 1.29 is 1.43 Å². The van der Waals surface area contributed by atoms with Gasteiger partial charge in [0.1, 0.15) is 0 Å². The summed E-state index contributed by atoms with van der Waals surface area (Å²) in [6, 6.07) is 8.25. The monoisotopic (exact) mass is 118 g/mol. The Bertz CT molecular complexity index is 283. The zero-order chi connectivity index (χ0) is 6.10. The smallest absolute Gasteiger partial charge is 0.366 e. The Balaban J connectivity index is 0.000000500. The molecule has 1 nitrogen and oxygen atoms in total. The second kappa shape index (κ2) is 1.62. The van der Waals surface area contributed by atoms with E-state index >= 15 is 0 Å². The normalized spacial score (nSPS) is 10.2. The SMILES string of the molecule is [H+].c1ccc2c[nH]cc2c1. The van der Waals surface area contributed by atoms with Gasteiger partial charge in [-0.1, -0.05) is 24.3 Å². The molecule has 0 aliphatic heterocycles. The summed E-state index contributed by atoms with van der Waals surface area (Å²) < 4.78 is 0. The fourth-order valence-corrected chi connectivity index (χ4v) is 0.995. The zero-order valence-corrected chi connectivity index (χ0v) is 4.96. The lowest BCUT2D eigenvalue weighted by molar-refractivity contribution is 1.43. The zero-order valence-electron chi connectivity index (χ0n) is 5.96. The van der Waals surface area contributed by atoms with Gasteiger partial charge < -0.3 is 4.98 Å². The highest BCUT2D eigenvalue weighted by molar-refractivity contribution is 5.81. The molecule has 0 radical (unpaired) electrons. The maximum absolute atomic E-state index is 3.04. The molecule has 2 aromatic rings. The van der Waals surface area contributed by atoms with Gasteiger partial charge in [0.15, 0.2) is 0 Å². The molecule has 0 aliphatic rings. The van der Waals surface area contributed by atoms with Crippen molar-refractivity contribution in [3.8, 4) is 0 Å². The lowest BCUT2D eigenvalue weighted by Gasteiger charge is -1.81. The van der Waals surface area contributed by atoms with Gasteiger partial charge >= 0.3 is 1.43 Å². The highest BCUT2D eigenvalue weighted by atomic mass is 14.6. The highest BCUT2D eigenvalue weighted by Crippen LogP contribution is 2.10. The summed E-state index contributed by atoms with van der Waals surface area (Å²) in [5.74, 6) is 0. The fourth-order valence-electron chi connectivity index (χ4n) is 0.995. The van der Waals surface area contributed by atoms with E-state index in [-0.39, 0.29) is 1.43 Å². The summed E-state index contributed by atoms with van der Waals surface area (Å²) in [5.41, 5.74) is 0. The van der Waals surface area contributed by atoms with Crippen molar-refractivity contribution in [2.75, 3.05) is 0 Å². The van der Waals surface area contributed by atoms with Crippen LogP contribution in [0, 0.1) is 0 Å². The standard InChI is InChI=1S/C8H7N/c1-2-4-8-6-9-5-7(8)3-1/h1-6,9H/p+1. The van der Waals surface area contributed by atoms with E-state index < -0.39 is 0 Å². The third-order valence-corrected chi connectivity index (χ3v) is 1.47. The van der Waals surface area contributed by atoms with Crippen molar-refractivity contribution in [2.45, 2.75) is 0 Å². The van der Waals surface area contributed by atoms with Crippen LogP contribution in [-0.4, -0.2) is 4.98 Å². The fraction of sp³-hybridized carbons (Fsp3) is 0. The first kappa shape index (κ1) is 4.62. The molecule has 1 aromatic carbocycles. The van der Waals surface area contributed by atoms with E-state index in [0.29, 0.717) is 0 Å². The molecule has 0 fully saturated rings. The molecule has 1 heterocycles. The van der Waals surface area contributed by atoms with E-state index in [4.69, 9.17) is 0 Å². The van der Waals surface area contributed by atoms with E-state index in [0.717, 1.165) is 0 Å². The molecular formula is C8H8N+. The molecule has 0 saturated carbocycles. The Morgan fingerprint density at radius 1 is 1.00 bits per heavy atom. The van der Waals surface area contributed by atoms with Crippen LogP contribution >= 0.6 is 0 Å². The van der Waals surface area contributed by atoms with Crippen LogP contribution in [0.1, 0.15) is 1.43 Å². The van der Waals surface area contributed by atoms with Gasteiger partial charge in [0.25, 0.3) is 0 Å². The number of aromatic amines is 1. The number of aromatic nitrogens is 1. The van der Waals surface area contributed by atoms with E-state index in [9.17, 15) is 0 Å². The third kappa shape index (κ3) is 0.617. The molecule has 44 valence electrons. The number of H-pyrrole nitrogens is 1. The van der Waals surface area contributed by atoms with Gasteiger partial charge in [-0.05, 0) is 10.8 Å². The van der Waals surface area contributed by atoms with Gasteiger partial charge in [0.2, 0.25) is 0 Å².